The zero-order chi connectivity index (χ0) is 13.1. The Balaban J connectivity index is 2.37. The van der Waals surface area contributed by atoms with E-state index in [0.717, 1.165) is 17.7 Å². The molecule has 2 aromatic carbocycles. The van der Waals surface area contributed by atoms with Gasteiger partial charge in [0.2, 0.25) is 0 Å². The SMILES string of the molecule is Cc1ccc(Oc2ccc(F)cc2F)c(C#N)c1. The van der Waals surface area contributed by atoms with Crippen LogP contribution in [0.2, 0.25) is 0 Å². The Labute approximate surface area is 103 Å². The first-order valence-electron chi connectivity index (χ1n) is 5.24. The van der Waals surface area contributed by atoms with Gasteiger partial charge in [0.15, 0.2) is 11.6 Å². The average molecular weight is 245 g/mol. The van der Waals surface area contributed by atoms with Gasteiger partial charge < -0.3 is 4.74 Å². The van der Waals surface area contributed by atoms with Gasteiger partial charge in [0.25, 0.3) is 0 Å². The summed E-state index contributed by atoms with van der Waals surface area (Å²) in [6.07, 6.45) is 0. The summed E-state index contributed by atoms with van der Waals surface area (Å²) >= 11 is 0. The Bertz CT molecular complexity index is 632. The number of hydrogen-bond donors (Lipinski definition) is 0. The lowest BCUT2D eigenvalue weighted by Gasteiger charge is -2.08. The molecule has 0 aromatic heterocycles. The molecular formula is C14H9F2NO. The Morgan fingerprint density at radius 3 is 2.44 bits per heavy atom. The van der Waals surface area contributed by atoms with E-state index in [4.69, 9.17) is 10.00 Å². The standard InChI is InChI=1S/C14H9F2NO/c1-9-2-4-13(10(6-9)8-17)18-14-5-3-11(15)7-12(14)16/h2-7H,1H3. The average Bonchev–Trinajstić information content (AvgIpc) is 2.34. The highest BCUT2D eigenvalue weighted by molar-refractivity contribution is 5.47. The number of nitrogens with zero attached hydrogens (tertiary/aromatic N) is 1. The van der Waals surface area contributed by atoms with Crippen molar-refractivity contribution in [1.29, 1.82) is 5.26 Å². The summed E-state index contributed by atoms with van der Waals surface area (Å²) in [5.41, 5.74) is 1.21. The fraction of sp³-hybridized carbons (Fsp3) is 0.0714. The molecule has 2 rings (SSSR count). The zero-order valence-corrected chi connectivity index (χ0v) is 9.58. The van der Waals surface area contributed by atoms with Gasteiger partial charge in [-0.05, 0) is 36.8 Å². The molecular weight excluding hydrogens is 236 g/mol. The molecule has 0 aliphatic carbocycles. The minimum absolute atomic E-state index is 0.114. The van der Waals surface area contributed by atoms with Crippen molar-refractivity contribution in [2.24, 2.45) is 0 Å². The van der Waals surface area contributed by atoms with Crippen LogP contribution in [0.1, 0.15) is 11.1 Å². The minimum Gasteiger partial charge on any atom is -0.453 e. The van der Waals surface area contributed by atoms with E-state index in [9.17, 15) is 8.78 Å². The lowest BCUT2D eigenvalue weighted by molar-refractivity contribution is 0.436. The van der Waals surface area contributed by atoms with E-state index in [1.807, 2.05) is 13.0 Å². The first kappa shape index (κ1) is 12.1. The van der Waals surface area contributed by atoms with Crippen LogP contribution in [0.5, 0.6) is 11.5 Å². The Morgan fingerprint density at radius 2 is 1.78 bits per heavy atom. The molecule has 0 bridgehead atoms. The third-order valence-electron chi connectivity index (χ3n) is 2.37. The summed E-state index contributed by atoms with van der Waals surface area (Å²) < 4.78 is 31.4. The van der Waals surface area contributed by atoms with Crippen molar-refractivity contribution in [3.8, 4) is 17.6 Å². The number of halogens is 2. The highest BCUT2D eigenvalue weighted by atomic mass is 19.1. The molecule has 0 aliphatic rings. The molecule has 0 radical (unpaired) electrons. The topological polar surface area (TPSA) is 33.0 Å². The maximum atomic E-state index is 13.4. The number of nitriles is 1. The molecule has 0 aliphatic heterocycles. The summed E-state index contributed by atoms with van der Waals surface area (Å²) in [5.74, 6) is -1.35. The number of ether oxygens (including phenoxy) is 1. The molecule has 0 amide bonds. The highest BCUT2D eigenvalue weighted by Crippen LogP contribution is 2.28. The van der Waals surface area contributed by atoms with Gasteiger partial charge in [0.05, 0.1) is 5.56 Å². The van der Waals surface area contributed by atoms with E-state index >= 15 is 0 Å². The first-order chi connectivity index (χ1) is 8.60. The predicted octanol–water partition coefficient (Wildman–Crippen LogP) is 3.94. The minimum atomic E-state index is -0.806. The molecule has 90 valence electrons. The monoisotopic (exact) mass is 245 g/mol. The van der Waals surface area contributed by atoms with Gasteiger partial charge >= 0.3 is 0 Å². The largest absolute Gasteiger partial charge is 0.453 e. The van der Waals surface area contributed by atoms with E-state index in [1.54, 1.807) is 18.2 Å². The smallest absolute Gasteiger partial charge is 0.168 e. The van der Waals surface area contributed by atoms with Crippen molar-refractivity contribution in [3.05, 3.63) is 59.2 Å². The summed E-state index contributed by atoms with van der Waals surface area (Å²) in [6, 6.07) is 9.94. The molecule has 0 atom stereocenters. The second-order valence-electron chi connectivity index (χ2n) is 3.79. The third kappa shape index (κ3) is 2.46. The van der Waals surface area contributed by atoms with Crippen molar-refractivity contribution in [2.45, 2.75) is 6.92 Å². The molecule has 0 spiro atoms. The van der Waals surface area contributed by atoms with Crippen LogP contribution in [0, 0.1) is 29.9 Å². The van der Waals surface area contributed by atoms with Gasteiger partial charge in [-0.2, -0.15) is 5.26 Å². The van der Waals surface area contributed by atoms with Crippen LogP contribution in [0.3, 0.4) is 0 Å². The van der Waals surface area contributed by atoms with Gasteiger partial charge in [-0.1, -0.05) is 6.07 Å². The molecule has 18 heavy (non-hydrogen) atoms. The van der Waals surface area contributed by atoms with Gasteiger partial charge in [0, 0.05) is 6.07 Å². The van der Waals surface area contributed by atoms with Crippen LogP contribution in [0.25, 0.3) is 0 Å². The molecule has 4 heteroatoms. The fourth-order valence-corrected chi connectivity index (χ4v) is 1.50. The summed E-state index contributed by atoms with van der Waals surface area (Å²) in [7, 11) is 0. The predicted molar refractivity (Wildman–Crippen MR) is 62.3 cm³/mol. The van der Waals surface area contributed by atoms with E-state index in [1.165, 1.54) is 6.07 Å². The molecule has 0 N–H and O–H groups in total. The molecule has 0 saturated heterocycles. The molecule has 0 fully saturated rings. The highest BCUT2D eigenvalue weighted by Gasteiger charge is 2.09. The second kappa shape index (κ2) is 4.84. The normalized spacial score (nSPS) is 9.89. The van der Waals surface area contributed by atoms with Crippen molar-refractivity contribution < 1.29 is 13.5 Å². The lowest BCUT2D eigenvalue weighted by Crippen LogP contribution is -1.92. The molecule has 2 aromatic rings. The number of rotatable bonds is 2. The maximum absolute atomic E-state index is 13.4. The lowest BCUT2D eigenvalue weighted by atomic mass is 10.1. The van der Waals surface area contributed by atoms with Crippen molar-refractivity contribution in [1.82, 2.24) is 0 Å². The number of hydrogen-bond acceptors (Lipinski definition) is 2. The van der Waals surface area contributed by atoms with Crippen LogP contribution in [0.4, 0.5) is 8.78 Å². The van der Waals surface area contributed by atoms with E-state index in [-0.39, 0.29) is 11.5 Å². The number of benzene rings is 2. The van der Waals surface area contributed by atoms with Crippen molar-refractivity contribution >= 4 is 0 Å². The van der Waals surface area contributed by atoms with Gasteiger partial charge in [-0.25, -0.2) is 8.78 Å². The Kier molecular flexibility index (Phi) is 3.24. The summed E-state index contributed by atoms with van der Waals surface area (Å²) in [6.45, 7) is 1.84. The van der Waals surface area contributed by atoms with Crippen molar-refractivity contribution in [2.75, 3.05) is 0 Å². The number of aryl methyl sites for hydroxylation is 1. The van der Waals surface area contributed by atoms with Gasteiger partial charge in [0.1, 0.15) is 17.6 Å². The second-order valence-corrected chi connectivity index (χ2v) is 3.79. The van der Waals surface area contributed by atoms with Crippen LogP contribution >= 0.6 is 0 Å². The van der Waals surface area contributed by atoms with E-state index in [2.05, 4.69) is 0 Å². The molecule has 0 heterocycles. The Morgan fingerprint density at radius 1 is 1.06 bits per heavy atom. The summed E-state index contributed by atoms with van der Waals surface area (Å²) in [4.78, 5) is 0. The molecule has 2 nitrogen and oxygen atoms in total. The van der Waals surface area contributed by atoms with Gasteiger partial charge in [-0.15, -0.1) is 0 Å². The first-order valence-corrected chi connectivity index (χ1v) is 5.24. The van der Waals surface area contributed by atoms with Gasteiger partial charge in [-0.3, -0.25) is 0 Å². The molecule has 0 saturated carbocycles. The molecule has 0 unspecified atom stereocenters. The maximum Gasteiger partial charge on any atom is 0.168 e. The third-order valence-corrected chi connectivity index (χ3v) is 2.37. The van der Waals surface area contributed by atoms with Crippen LogP contribution in [-0.2, 0) is 0 Å². The van der Waals surface area contributed by atoms with Crippen LogP contribution in [0.15, 0.2) is 36.4 Å². The van der Waals surface area contributed by atoms with Crippen molar-refractivity contribution in [3.63, 3.8) is 0 Å². The zero-order valence-electron chi connectivity index (χ0n) is 9.58. The van der Waals surface area contributed by atoms with E-state index < -0.39 is 11.6 Å². The van der Waals surface area contributed by atoms with E-state index in [0.29, 0.717) is 5.56 Å². The van der Waals surface area contributed by atoms with Crippen LogP contribution in [-0.4, -0.2) is 0 Å². The summed E-state index contributed by atoms with van der Waals surface area (Å²) in [5, 5.41) is 8.95. The fourth-order valence-electron chi connectivity index (χ4n) is 1.50. The van der Waals surface area contributed by atoms with Crippen LogP contribution < -0.4 is 4.74 Å². The quantitative estimate of drug-likeness (QED) is 0.802. The Hall–Kier alpha value is -2.41.